The molecule has 2 aromatic rings. The Morgan fingerprint density at radius 3 is 2.60 bits per heavy atom. The lowest BCUT2D eigenvalue weighted by molar-refractivity contribution is 0.412. The summed E-state index contributed by atoms with van der Waals surface area (Å²) in [4.78, 5) is 8.56. The first-order valence-electron chi connectivity index (χ1n) is 9.75. The fourth-order valence-electron chi connectivity index (χ4n) is 3.45. The quantitative estimate of drug-likeness (QED) is 0.422. The molecule has 3 rings (SSSR count). The van der Waals surface area contributed by atoms with E-state index in [1.165, 1.54) is 13.1 Å². The Morgan fingerprint density at radius 1 is 1.23 bits per heavy atom. The number of nitrogens with zero attached hydrogens (tertiary/aromatic N) is 2. The summed E-state index contributed by atoms with van der Waals surface area (Å²) in [6, 6.07) is 4.79. The molecule has 0 spiro atoms. The second kappa shape index (κ2) is 8.88. The number of hydrogen-bond acceptors (Lipinski definition) is 8. The highest BCUT2D eigenvalue weighted by Crippen LogP contribution is 2.27. The Morgan fingerprint density at radius 2 is 1.93 bits per heavy atom. The summed E-state index contributed by atoms with van der Waals surface area (Å²) >= 11 is 0. The van der Waals surface area contributed by atoms with Crippen molar-refractivity contribution in [2.75, 3.05) is 5.73 Å². The molecule has 30 heavy (non-hydrogen) atoms. The standard InChI is InChI=1S/C20H26N6O3S/c1-12-8-9-15(30(27,28)26-14-6-4-3-5-7-14)10-16(12)17-11-24-19(22)18(25-17)20(23)29-13(2)21/h8-11,14,21,23,26H,3-7H2,1-2H3,(H2,22,24). The van der Waals surface area contributed by atoms with E-state index in [2.05, 4.69) is 14.7 Å². The van der Waals surface area contributed by atoms with E-state index in [4.69, 9.17) is 21.3 Å². The molecule has 1 fully saturated rings. The third-order valence-corrected chi connectivity index (χ3v) is 6.51. The number of sulfonamides is 1. The predicted octanol–water partition coefficient (Wildman–Crippen LogP) is 2.98. The summed E-state index contributed by atoms with van der Waals surface area (Å²) in [5.74, 6) is -0.579. The zero-order valence-corrected chi connectivity index (χ0v) is 17.8. The third-order valence-electron chi connectivity index (χ3n) is 4.99. The van der Waals surface area contributed by atoms with Gasteiger partial charge in [0, 0.05) is 18.5 Å². The van der Waals surface area contributed by atoms with E-state index in [0.717, 1.165) is 37.7 Å². The van der Waals surface area contributed by atoms with Crippen molar-refractivity contribution in [3.05, 3.63) is 35.7 Å². The Hall–Kier alpha value is -2.85. The van der Waals surface area contributed by atoms with Gasteiger partial charge in [-0.15, -0.1) is 0 Å². The van der Waals surface area contributed by atoms with E-state index in [1.807, 2.05) is 6.92 Å². The second-order valence-electron chi connectivity index (χ2n) is 7.41. The van der Waals surface area contributed by atoms with Crippen LogP contribution in [-0.4, -0.2) is 36.2 Å². The molecule has 1 aliphatic carbocycles. The van der Waals surface area contributed by atoms with Crippen molar-refractivity contribution in [1.82, 2.24) is 14.7 Å². The van der Waals surface area contributed by atoms with Gasteiger partial charge in [-0.05, 0) is 37.5 Å². The highest BCUT2D eigenvalue weighted by molar-refractivity contribution is 7.89. The van der Waals surface area contributed by atoms with Crippen LogP contribution in [0.15, 0.2) is 29.3 Å². The lowest BCUT2D eigenvalue weighted by Crippen LogP contribution is -2.36. The molecule has 0 atom stereocenters. The summed E-state index contributed by atoms with van der Waals surface area (Å²) in [6.07, 6.45) is 6.31. The van der Waals surface area contributed by atoms with Gasteiger partial charge in [-0.2, -0.15) is 0 Å². The highest BCUT2D eigenvalue weighted by Gasteiger charge is 2.23. The van der Waals surface area contributed by atoms with E-state index in [1.54, 1.807) is 18.2 Å². The van der Waals surface area contributed by atoms with Crippen molar-refractivity contribution in [3.63, 3.8) is 0 Å². The normalized spacial score (nSPS) is 15.0. The topological polar surface area (TPSA) is 155 Å². The maximum absolute atomic E-state index is 12.9. The number of nitrogens with two attached hydrogens (primary N) is 1. The zero-order valence-electron chi connectivity index (χ0n) is 17.0. The number of aromatic nitrogens is 2. The molecular formula is C20H26N6O3S. The molecule has 0 amide bonds. The van der Waals surface area contributed by atoms with Crippen molar-refractivity contribution in [2.45, 2.75) is 56.9 Å². The number of hydrogen-bond donors (Lipinski definition) is 4. The van der Waals surface area contributed by atoms with Gasteiger partial charge in [-0.25, -0.2) is 23.1 Å². The fourth-order valence-corrected chi connectivity index (χ4v) is 4.78. The highest BCUT2D eigenvalue weighted by atomic mass is 32.2. The first kappa shape index (κ1) is 21.8. The molecule has 1 aromatic carbocycles. The van der Waals surface area contributed by atoms with Crippen molar-refractivity contribution in [1.29, 1.82) is 10.8 Å². The van der Waals surface area contributed by atoms with Crippen LogP contribution in [-0.2, 0) is 14.8 Å². The molecule has 0 bridgehead atoms. The maximum Gasteiger partial charge on any atom is 0.243 e. The van der Waals surface area contributed by atoms with E-state index < -0.39 is 15.9 Å². The van der Waals surface area contributed by atoms with Crippen LogP contribution >= 0.6 is 0 Å². The molecule has 10 heteroatoms. The van der Waals surface area contributed by atoms with Gasteiger partial charge in [0.2, 0.25) is 15.9 Å². The number of rotatable bonds is 5. The van der Waals surface area contributed by atoms with Gasteiger partial charge in [-0.1, -0.05) is 25.3 Å². The molecule has 1 aromatic heterocycles. The molecule has 1 heterocycles. The minimum absolute atomic E-state index is 0.00732. The minimum atomic E-state index is -3.68. The summed E-state index contributed by atoms with van der Waals surface area (Å²) in [5.41, 5.74) is 7.53. The van der Waals surface area contributed by atoms with Crippen LogP contribution < -0.4 is 10.5 Å². The number of nitrogens with one attached hydrogen (secondary N) is 3. The smallest absolute Gasteiger partial charge is 0.243 e. The summed E-state index contributed by atoms with van der Waals surface area (Å²) in [5, 5.41) is 15.3. The molecule has 1 aliphatic rings. The first-order valence-corrected chi connectivity index (χ1v) is 11.2. The SMILES string of the molecule is CC(=N)OC(=N)c1nc(-c2cc(S(=O)(=O)NC3CCCCC3)ccc2C)cnc1N. The van der Waals surface area contributed by atoms with Crippen molar-refractivity contribution in [2.24, 2.45) is 0 Å². The molecule has 0 radical (unpaired) electrons. The molecule has 0 saturated heterocycles. The average Bonchev–Trinajstić information content (AvgIpc) is 2.68. The van der Waals surface area contributed by atoms with Crippen molar-refractivity contribution < 1.29 is 13.2 Å². The van der Waals surface area contributed by atoms with Crippen LogP contribution in [0.4, 0.5) is 5.82 Å². The predicted molar refractivity (Wildman–Crippen MR) is 115 cm³/mol. The Bertz CT molecular complexity index is 1080. The third kappa shape index (κ3) is 5.00. The Labute approximate surface area is 176 Å². The van der Waals surface area contributed by atoms with Gasteiger partial charge in [0.25, 0.3) is 0 Å². The molecular weight excluding hydrogens is 404 g/mol. The van der Waals surface area contributed by atoms with Gasteiger partial charge in [0.05, 0.1) is 16.8 Å². The van der Waals surface area contributed by atoms with Gasteiger partial charge in [-0.3, -0.25) is 10.8 Å². The van der Waals surface area contributed by atoms with Crippen molar-refractivity contribution in [3.8, 4) is 11.3 Å². The maximum atomic E-state index is 12.9. The number of aryl methyl sites for hydroxylation is 1. The largest absolute Gasteiger partial charge is 0.424 e. The molecule has 1 saturated carbocycles. The molecule has 9 nitrogen and oxygen atoms in total. The van der Waals surface area contributed by atoms with Crippen LogP contribution in [0.2, 0.25) is 0 Å². The molecule has 0 unspecified atom stereocenters. The summed E-state index contributed by atoms with van der Waals surface area (Å²) < 4.78 is 33.6. The minimum Gasteiger partial charge on any atom is -0.424 e. The van der Waals surface area contributed by atoms with E-state index in [0.29, 0.717) is 11.3 Å². The van der Waals surface area contributed by atoms with Crippen LogP contribution in [0.1, 0.15) is 50.3 Å². The molecule has 5 N–H and O–H groups in total. The van der Waals surface area contributed by atoms with E-state index in [-0.39, 0.29) is 28.3 Å². The van der Waals surface area contributed by atoms with Crippen LogP contribution in [0.3, 0.4) is 0 Å². The monoisotopic (exact) mass is 430 g/mol. The van der Waals surface area contributed by atoms with Crippen LogP contribution in [0, 0.1) is 17.7 Å². The lowest BCUT2D eigenvalue weighted by Gasteiger charge is -2.22. The second-order valence-corrected chi connectivity index (χ2v) is 9.12. The Kier molecular flexibility index (Phi) is 6.47. The number of anilines is 1. The van der Waals surface area contributed by atoms with Crippen LogP contribution in [0.5, 0.6) is 0 Å². The van der Waals surface area contributed by atoms with E-state index >= 15 is 0 Å². The summed E-state index contributed by atoms with van der Waals surface area (Å²) in [7, 11) is -3.68. The van der Waals surface area contributed by atoms with Gasteiger partial charge < -0.3 is 10.5 Å². The fraction of sp³-hybridized carbons (Fsp3) is 0.400. The number of nitrogen functional groups attached to an aromatic ring is 1. The Balaban J connectivity index is 1.95. The van der Waals surface area contributed by atoms with E-state index in [9.17, 15) is 8.42 Å². The van der Waals surface area contributed by atoms with Gasteiger partial charge >= 0.3 is 0 Å². The van der Waals surface area contributed by atoms with Crippen LogP contribution in [0.25, 0.3) is 11.3 Å². The van der Waals surface area contributed by atoms with Gasteiger partial charge in [0.1, 0.15) is 0 Å². The first-order chi connectivity index (χ1) is 14.2. The molecule has 160 valence electrons. The summed E-state index contributed by atoms with van der Waals surface area (Å²) in [6.45, 7) is 3.22. The number of ether oxygens (including phenoxy) is 1. The average molecular weight is 431 g/mol. The zero-order chi connectivity index (χ0) is 21.9. The van der Waals surface area contributed by atoms with Crippen molar-refractivity contribution >= 4 is 27.6 Å². The lowest BCUT2D eigenvalue weighted by atomic mass is 9.96. The molecule has 0 aliphatic heterocycles. The van der Waals surface area contributed by atoms with Gasteiger partial charge in [0.15, 0.2) is 17.4 Å². The number of benzene rings is 1.